The Morgan fingerprint density at radius 2 is 1.89 bits per heavy atom. The molecule has 0 saturated carbocycles. The molecule has 2 aromatic rings. The molecule has 4 heteroatoms. The molecule has 1 aromatic carbocycles. The zero-order valence-electron chi connectivity index (χ0n) is 10.8. The van der Waals surface area contributed by atoms with E-state index >= 15 is 0 Å². The lowest BCUT2D eigenvalue weighted by molar-refractivity contribution is -0.145. The van der Waals surface area contributed by atoms with E-state index in [1.807, 2.05) is 44.3 Å². The molecule has 0 unspecified atom stereocenters. The lowest BCUT2D eigenvalue weighted by Gasteiger charge is -2.37. The smallest absolute Gasteiger partial charge is 0.324 e. The van der Waals surface area contributed by atoms with Crippen molar-refractivity contribution in [1.29, 1.82) is 0 Å². The second-order valence-electron chi connectivity index (χ2n) is 5.38. The number of aromatic amines is 1. The number of aliphatic carboxylic acids is 1. The Morgan fingerprint density at radius 1 is 1.28 bits per heavy atom. The standard InChI is InChI=1S/C14H18N2O2/c1-13(2,14(3,15)12(17)18)10-8-16-11-7-5-4-6-9(10)11/h4-8,16H,15H2,1-3H3,(H,17,18)/t14-/m1/s1. The summed E-state index contributed by atoms with van der Waals surface area (Å²) in [5, 5.41) is 10.3. The molecule has 0 saturated heterocycles. The Bertz CT molecular complexity index is 597. The van der Waals surface area contributed by atoms with Gasteiger partial charge in [-0.1, -0.05) is 32.0 Å². The summed E-state index contributed by atoms with van der Waals surface area (Å²) in [5.74, 6) is -1.00. The van der Waals surface area contributed by atoms with E-state index in [0.29, 0.717) is 0 Å². The van der Waals surface area contributed by atoms with Crippen molar-refractivity contribution < 1.29 is 9.90 Å². The molecule has 96 valence electrons. The van der Waals surface area contributed by atoms with Gasteiger partial charge in [0.2, 0.25) is 0 Å². The molecule has 0 aliphatic heterocycles. The zero-order chi connectivity index (χ0) is 13.6. The van der Waals surface area contributed by atoms with Crippen molar-refractivity contribution in [2.75, 3.05) is 0 Å². The first-order valence-corrected chi connectivity index (χ1v) is 5.87. The molecule has 0 radical (unpaired) electrons. The van der Waals surface area contributed by atoms with Crippen LogP contribution in [0.3, 0.4) is 0 Å². The minimum Gasteiger partial charge on any atom is -0.480 e. The van der Waals surface area contributed by atoms with Gasteiger partial charge in [-0.25, -0.2) is 0 Å². The largest absolute Gasteiger partial charge is 0.480 e. The van der Waals surface area contributed by atoms with Crippen molar-refractivity contribution in [2.45, 2.75) is 31.7 Å². The highest BCUT2D eigenvalue weighted by Crippen LogP contribution is 2.37. The van der Waals surface area contributed by atoms with Crippen LogP contribution in [0, 0.1) is 0 Å². The monoisotopic (exact) mass is 246 g/mol. The van der Waals surface area contributed by atoms with Gasteiger partial charge in [-0.05, 0) is 18.6 Å². The number of rotatable bonds is 3. The molecule has 2 rings (SSSR count). The number of H-pyrrole nitrogens is 1. The maximum atomic E-state index is 11.4. The van der Waals surface area contributed by atoms with Crippen LogP contribution in [0.15, 0.2) is 30.5 Å². The molecule has 0 spiro atoms. The van der Waals surface area contributed by atoms with E-state index < -0.39 is 16.9 Å². The first-order chi connectivity index (χ1) is 8.28. The van der Waals surface area contributed by atoms with Crippen LogP contribution in [0.25, 0.3) is 10.9 Å². The first-order valence-electron chi connectivity index (χ1n) is 5.87. The van der Waals surface area contributed by atoms with Crippen LogP contribution < -0.4 is 5.73 Å². The van der Waals surface area contributed by atoms with Gasteiger partial charge in [0.05, 0.1) is 0 Å². The lowest BCUT2D eigenvalue weighted by atomic mass is 9.69. The van der Waals surface area contributed by atoms with Crippen LogP contribution >= 0.6 is 0 Å². The second-order valence-corrected chi connectivity index (χ2v) is 5.38. The molecule has 4 nitrogen and oxygen atoms in total. The van der Waals surface area contributed by atoms with Crippen molar-refractivity contribution in [2.24, 2.45) is 5.73 Å². The molecule has 1 atom stereocenters. The van der Waals surface area contributed by atoms with E-state index in [1.165, 1.54) is 0 Å². The van der Waals surface area contributed by atoms with Crippen LogP contribution in [0.2, 0.25) is 0 Å². The van der Waals surface area contributed by atoms with Gasteiger partial charge in [0, 0.05) is 22.5 Å². The van der Waals surface area contributed by atoms with Gasteiger partial charge in [-0.3, -0.25) is 4.79 Å². The quantitative estimate of drug-likeness (QED) is 0.777. The number of benzene rings is 1. The molecule has 0 fully saturated rings. The van der Waals surface area contributed by atoms with Crippen LogP contribution in [0.4, 0.5) is 0 Å². The maximum Gasteiger partial charge on any atom is 0.324 e. The number of carbonyl (C=O) groups is 1. The molecular formula is C14H18N2O2. The summed E-state index contributed by atoms with van der Waals surface area (Å²) in [4.78, 5) is 14.5. The summed E-state index contributed by atoms with van der Waals surface area (Å²) in [6.45, 7) is 5.27. The van der Waals surface area contributed by atoms with Crippen LogP contribution in [0.1, 0.15) is 26.3 Å². The highest BCUT2D eigenvalue weighted by Gasteiger charge is 2.46. The third-order valence-electron chi connectivity index (χ3n) is 4.01. The number of hydrogen-bond donors (Lipinski definition) is 3. The molecule has 0 bridgehead atoms. The Labute approximate surface area is 106 Å². The predicted octanol–water partition coefficient (Wildman–Crippen LogP) is 2.25. The molecule has 0 aliphatic carbocycles. The van der Waals surface area contributed by atoms with E-state index in [9.17, 15) is 9.90 Å². The fourth-order valence-corrected chi connectivity index (χ4v) is 2.14. The van der Waals surface area contributed by atoms with E-state index in [1.54, 1.807) is 6.92 Å². The number of hydrogen-bond acceptors (Lipinski definition) is 2. The van der Waals surface area contributed by atoms with E-state index in [-0.39, 0.29) is 0 Å². The maximum absolute atomic E-state index is 11.4. The second kappa shape index (κ2) is 3.85. The number of carboxylic acids is 1. The van der Waals surface area contributed by atoms with Crippen molar-refractivity contribution >= 4 is 16.9 Å². The minimum absolute atomic E-state index is 0.682. The Kier molecular flexibility index (Phi) is 2.70. The molecule has 0 amide bonds. The highest BCUT2D eigenvalue weighted by molar-refractivity contribution is 5.87. The molecule has 1 aromatic heterocycles. The zero-order valence-corrected chi connectivity index (χ0v) is 10.8. The van der Waals surface area contributed by atoms with Crippen molar-refractivity contribution in [1.82, 2.24) is 4.98 Å². The molecule has 4 N–H and O–H groups in total. The summed E-state index contributed by atoms with van der Waals surface area (Å²) in [6, 6.07) is 7.81. The van der Waals surface area contributed by atoms with Crippen molar-refractivity contribution in [3.8, 4) is 0 Å². The summed E-state index contributed by atoms with van der Waals surface area (Å²) < 4.78 is 0. The average molecular weight is 246 g/mol. The van der Waals surface area contributed by atoms with Gasteiger partial charge in [0.15, 0.2) is 0 Å². The number of para-hydroxylation sites is 1. The van der Waals surface area contributed by atoms with Gasteiger partial charge >= 0.3 is 5.97 Å². The number of carboxylic acid groups (broad SMARTS) is 1. The Hall–Kier alpha value is -1.81. The van der Waals surface area contributed by atoms with Gasteiger partial charge in [0.1, 0.15) is 5.54 Å². The van der Waals surface area contributed by atoms with E-state index in [4.69, 9.17) is 5.73 Å². The van der Waals surface area contributed by atoms with Gasteiger partial charge in [-0.15, -0.1) is 0 Å². The summed E-state index contributed by atoms with van der Waals surface area (Å²) in [5.41, 5.74) is 5.90. The normalized spacial score (nSPS) is 15.6. The number of nitrogens with one attached hydrogen (secondary N) is 1. The summed E-state index contributed by atoms with van der Waals surface area (Å²) >= 11 is 0. The van der Waals surface area contributed by atoms with Gasteiger partial charge in [-0.2, -0.15) is 0 Å². The summed E-state index contributed by atoms with van der Waals surface area (Å²) in [6.07, 6.45) is 1.85. The number of aromatic nitrogens is 1. The highest BCUT2D eigenvalue weighted by atomic mass is 16.4. The topological polar surface area (TPSA) is 79.1 Å². The third-order valence-corrected chi connectivity index (χ3v) is 4.01. The number of fused-ring (bicyclic) bond motifs is 1. The molecule has 1 heterocycles. The summed E-state index contributed by atoms with van der Waals surface area (Å²) in [7, 11) is 0. The third kappa shape index (κ3) is 1.61. The van der Waals surface area contributed by atoms with Crippen molar-refractivity contribution in [3.05, 3.63) is 36.0 Å². The van der Waals surface area contributed by atoms with Crippen LogP contribution in [-0.4, -0.2) is 21.6 Å². The van der Waals surface area contributed by atoms with Crippen LogP contribution in [0.5, 0.6) is 0 Å². The van der Waals surface area contributed by atoms with Gasteiger partial charge in [0.25, 0.3) is 0 Å². The van der Waals surface area contributed by atoms with E-state index in [0.717, 1.165) is 16.5 Å². The average Bonchev–Trinajstić information content (AvgIpc) is 2.72. The van der Waals surface area contributed by atoms with Crippen molar-refractivity contribution in [3.63, 3.8) is 0 Å². The molecular weight excluding hydrogens is 228 g/mol. The fourth-order valence-electron chi connectivity index (χ4n) is 2.14. The minimum atomic E-state index is -1.34. The SMILES string of the molecule is CC(C)(c1c[nH]c2ccccc12)[C@](C)(N)C(=O)O. The van der Waals surface area contributed by atoms with Crippen LogP contribution in [-0.2, 0) is 10.2 Å². The lowest BCUT2D eigenvalue weighted by Crippen LogP contribution is -2.58. The first kappa shape index (κ1) is 12.6. The number of nitrogens with two attached hydrogens (primary N) is 1. The molecule has 0 aliphatic rings. The van der Waals surface area contributed by atoms with E-state index in [2.05, 4.69) is 4.98 Å². The molecule has 18 heavy (non-hydrogen) atoms. The fraction of sp³-hybridized carbons (Fsp3) is 0.357. The Morgan fingerprint density at radius 3 is 2.50 bits per heavy atom. The predicted molar refractivity (Wildman–Crippen MR) is 71.6 cm³/mol. The Balaban J connectivity index is 2.64. The van der Waals surface area contributed by atoms with Gasteiger partial charge < -0.3 is 15.8 Å².